The Kier molecular flexibility index (Phi) is 5.09. The molecular formula is C17H24N4O2. The van der Waals surface area contributed by atoms with Gasteiger partial charge in [0.05, 0.1) is 5.56 Å². The van der Waals surface area contributed by atoms with Crippen molar-refractivity contribution in [3.05, 3.63) is 23.9 Å². The van der Waals surface area contributed by atoms with Gasteiger partial charge in [0.2, 0.25) is 0 Å². The van der Waals surface area contributed by atoms with Crippen LogP contribution >= 0.6 is 0 Å². The smallest absolute Gasteiger partial charge is 0.410 e. The van der Waals surface area contributed by atoms with E-state index in [0.29, 0.717) is 18.0 Å². The van der Waals surface area contributed by atoms with Crippen LogP contribution in [0.15, 0.2) is 18.3 Å². The summed E-state index contributed by atoms with van der Waals surface area (Å²) in [5.74, 6) is 1.08. The molecule has 1 atom stereocenters. The number of aromatic nitrogens is 1. The molecule has 1 unspecified atom stereocenters. The Morgan fingerprint density at radius 2 is 2.30 bits per heavy atom. The quantitative estimate of drug-likeness (QED) is 0.857. The standard InChI is InChI=1S/C17H24N4O2/c1-17(2,3)23-16(22)20(4)11-13-7-9-21(12-13)15-14(10-18)6-5-8-19-15/h5-6,8,13H,7,9,11-12H2,1-4H3. The summed E-state index contributed by atoms with van der Waals surface area (Å²) in [4.78, 5) is 20.1. The number of pyridine rings is 1. The van der Waals surface area contributed by atoms with Gasteiger partial charge in [0, 0.05) is 32.9 Å². The van der Waals surface area contributed by atoms with Gasteiger partial charge in [-0.1, -0.05) is 0 Å². The van der Waals surface area contributed by atoms with Gasteiger partial charge in [-0.15, -0.1) is 0 Å². The van der Waals surface area contributed by atoms with Crippen molar-refractivity contribution in [1.29, 1.82) is 5.26 Å². The first-order valence-corrected chi connectivity index (χ1v) is 7.84. The number of nitriles is 1. The molecule has 1 amide bonds. The van der Waals surface area contributed by atoms with Crippen LogP contribution in [0.25, 0.3) is 0 Å². The maximum absolute atomic E-state index is 12.0. The van der Waals surface area contributed by atoms with E-state index < -0.39 is 5.60 Å². The first kappa shape index (κ1) is 17.1. The van der Waals surface area contributed by atoms with E-state index in [4.69, 9.17) is 4.74 Å². The van der Waals surface area contributed by atoms with Gasteiger partial charge >= 0.3 is 6.09 Å². The van der Waals surface area contributed by atoms with Crippen molar-refractivity contribution in [1.82, 2.24) is 9.88 Å². The second-order valence-electron chi connectivity index (χ2n) is 6.95. The minimum absolute atomic E-state index is 0.300. The highest BCUT2D eigenvalue weighted by molar-refractivity contribution is 5.67. The molecule has 6 nitrogen and oxygen atoms in total. The highest BCUT2D eigenvalue weighted by atomic mass is 16.6. The van der Waals surface area contributed by atoms with Crippen LogP contribution in [0.3, 0.4) is 0 Å². The predicted octanol–water partition coefficient (Wildman–Crippen LogP) is 2.65. The average molecular weight is 316 g/mol. The van der Waals surface area contributed by atoms with Crippen molar-refractivity contribution in [3.63, 3.8) is 0 Å². The molecule has 124 valence electrons. The summed E-state index contributed by atoms with van der Waals surface area (Å²) in [5.41, 5.74) is 0.108. The summed E-state index contributed by atoms with van der Waals surface area (Å²) >= 11 is 0. The van der Waals surface area contributed by atoms with Gasteiger partial charge in [-0.25, -0.2) is 9.78 Å². The molecule has 0 aliphatic carbocycles. The molecular weight excluding hydrogens is 292 g/mol. The Hall–Kier alpha value is -2.29. The Morgan fingerprint density at radius 1 is 1.57 bits per heavy atom. The number of amides is 1. The van der Waals surface area contributed by atoms with E-state index in [2.05, 4.69) is 16.0 Å². The molecule has 0 spiro atoms. The molecule has 6 heteroatoms. The first-order chi connectivity index (χ1) is 10.8. The summed E-state index contributed by atoms with van der Waals surface area (Å²) in [7, 11) is 1.76. The van der Waals surface area contributed by atoms with Crippen molar-refractivity contribution in [2.75, 3.05) is 31.6 Å². The SMILES string of the molecule is CN(CC1CCN(c2ncccc2C#N)C1)C(=O)OC(C)(C)C. The third-order valence-corrected chi connectivity index (χ3v) is 3.73. The Labute approximate surface area is 137 Å². The van der Waals surface area contributed by atoms with Gasteiger partial charge in [0.1, 0.15) is 17.5 Å². The average Bonchev–Trinajstić information content (AvgIpc) is 2.93. The molecule has 1 aliphatic heterocycles. The van der Waals surface area contributed by atoms with Gasteiger partial charge < -0.3 is 14.5 Å². The molecule has 1 aliphatic rings. The van der Waals surface area contributed by atoms with Gasteiger partial charge in [0.15, 0.2) is 0 Å². The van der Waals surface area contributed by atoms with E-state index in [-0.39, 0.29) is 6.09 Å². The van der Waals surface area contributed by atoms with Crippen LogP contribution in [0.2, 0.25) is 0 Å². The maximum Gasteiger partial charge on any atom is 0.410 e. The largest absolute Gasteiger partial charge is 0.444 e. The van der Waals surface area contributed by atoms with E-state index in [1.54, 1.807) is 30.3 Å². The van der Waals surface area contributed by atoms with Gasteiger partial charge in [0.25, 0.3) is 0 Å². The lowest BCUT2D eigenvalue weighted by Gasteiger charge is -2.26. The number of hydrogen-bond acceptors (Lipinski definition) is 5. The van der Waals surface area contributed by atoms with Crippen molar-refractivity contribution in [2.45, 2.75) is 32.8 Å². The van der Waals surface area contributed by atoms with Crippen LogP contribution < -0.4 is 4.90 Å². The fourth-order valence-electron chi connectivity index (χ4n) is 2.71. The fourth-order valence-corrected chi connectivity index (χ4v) is 2.71. The normalized spacial score (nSPS) is 17.7. The lowest BCUT2D eigenvalue weighted by molar-refractivity contribution is 0.0277. The topological polar surface area (TPSA) is 69.5 Å². The van der Waals surface area contributed by atoms with Crippen molar-refractivity contribution < 1.29 is 9.53 Å². The van der Waals surface area contributed by atoms with Crippen LogP contribution in [0, 0.1) is 17.2 Å². The van der Waals surface area contributed by atoms with E-state index in [0.717, 1.165) is 25.3 Å². The molecule has 0 aromatic carbocycles. The summed E-state index contributed by atoms with van der Waals surface area (Å²) in [6.07, 6.45) is 2.37. The summed E-state index contributed by atoms with van der Waals surface area (Å²) in [5, 5.41) is 9.18. The number of carbonyl (C=O) groups excluding carboxylic acids is 1. The molecule has 0 radical (unpaired) electrons. The Bertz CT molecular complexity index is 603. The Balaban J connectivity index is 1.93. The van der Waals surface area contributed by atoms with Crippen LogP contribution in [0.4, 0.5) is 10.6 Å². The van der Waals surface area contributed by atoms with E-state index >= 15 is 0 Å². The van der Waals surface area contributed by atoms with E-state index in [9.17, 15) is 10.1 Å². The number of ether oxygens (including phenoxy) is 1. The molecule has 1 aromatic rings. The lowest BCUT2D eigenvalue weighted by atomic mass is 10.1. The maximum atomic E-state index is 12.0. The predicted molar refractivity (Wildman–Crippen MR) is 88.1 cm³/mol. The minimum Gasteiger partial charge on any atom is -0.444 e. The molecule has 1 fully saturated rings. The van der Waals surface area contributed by atoms with Gasteiger partial charge in [-0.3, -0.25) is 0 Å². The number of carbonyl (C=O) groups is 1. The molecule has 1 saturated heterocycles. The number of rotatable bonds is 3. The molecule has 1 aromatic heterocycles. The zero-order valence-electron chi connectivity index (χ0n) is 14.2. The third-order valence-electron chi connectivity index (χ3n) is 3.73. The molecule has 2 heterocycles. The van der Waals surface area contributed by atoms with E-state index in [1.165, 1.54) is 0 Å². The highest BCUT2D eigenvalue weighted by Gasteiger charge is 2.28. The number of nitrogens with zero attached hydrogens (tertiary/aromatic N) is 4. The summed E-state index contributed by atoms with van der Waals surface area (Å²) in [6.45, 7) is 7.86. The van der Waals surface area contributed by atoms with Gasteiger partial charge in [-0.2, -0.15) is 5.26 Å². The number of hydrogen-bond donors (Lipinski definition) is 0. The fraction of sp³-hybridized carbons (Fsp3) is 0.588. The Morgan fingerprint density at radius 3 is 2.96 bits per heavy atom. The van der Waals surface area contributed by atoms with E-state index in [1.807, 2.05) is 20.8 Å². The monoisotopic (exact) mass is 316 g/mol. The molecule has 23 heavy (non-hydrogen) atoms. The van der Waals surface area contributed by atoms with Crippen molar-refractivity contribution in [2.24, 2.45) is 5.92 Å². The van der Waals surface area contributed by atoms with Gasteiger partial charge in [-0.05, 0) is 45.2 Å². The summed E-state index contributed by atoms with van der Waals surface area (Å²) in [6, 6.07) is 5.73. The highest BCUT2D eigenvalue weighted by Crippen LogP contribution is 2.25. The third kappa shape index (κ3) is 4.59. The zero-order valence-corrected chi connectivity index (χ0v) is 14.2. The second-order valence-corrected chi connectivity index (χ2v) is 6.95. The number of anilines is 1. The second kappa shape index (κ2) is 6.86. The first-order valence-electron chi connectivity index (χ1n) is 7.84. The van der Waals surface area contributed by atoms with Crippen molar-refractivity contribution >= 4 is 11.9 Å². The zero-order chi connectivity index (χ0) is 17.0. The molecule has 0 N–H and O–H groups in total. The molecule has 0 bridgehead atoms. The lowest BCUT2D eigenvalue weighted by Crippen LogP contribution is -2.37. The van der Waals surface area contributed by atoms with Crippen LogP contribution in [0.1, 0.15) is 32.8 Å². The molecule has 0 saturated carbocycles. The molecule has 2 rings (SSSR count). The van der Waals surface area contributed by atoms with Crippen LogP contribution in [-0.2, 0) is 4.74 Å². The van der Waals surface area contributed by atoms with Crippen molar-refractivity contribution in [3.8, 4) is 6.07 Å². The summed E-state index contributed by atoms with van der Waals surface area (Å²) < 4.78 is 5.38. The van der Waals surface area contributed by atoms with Crippen LogP contribution in [0.5, 0.6) is 0 Å². The minimum atomic E-state index is -0.483. The van der Waals surface area contributed by atoms with Crippen LogP contribution in [-0.4, -0.2) is 48.3 Å².